The molecule has 0 saturated carbocycles. The van der Waals surface area contributed by atoms with Crippen molar-refractivity contribution in [3.05, 3.63) is 30.3 Å². The molecular formula is C15H20N2O5S. The van der Waals surface area contributed by atoms with Crippen LogP contribution in [0.1, 0.15) is 25.7 Å². The third-order valence-electron chi connectivity index (χ3n) is 4.54. The van der Waals surface area contributed by atoms with E-state index < -0.39 is 27.9 Å². The third kappa shape index (κ3) is 3.49. The summed E-state index contributed by atoms with van der Waals surface area (Å²) in [4.78, 5) is 12.5. The fourth-order valence-corrected chi connectivity index (χ4v) is 4.37. The number of rotatable bonds is 3. The largest absolute Gasteiger partial charge is 0.465 e. The zero-order chi connectivity index (χ0) is 16.5. The number of carbonyl (C=O) groups is 1. The molecule has 1 aromatic carbocycles. The molecular weight excluding hydrogens is 320 g/mol. The average Bonchev–Trinajstić information content (AvgIpc) is 2.90. The maximum atomic E-state index is 12.3. The van der Waals surface area contributed by atoms with Gasteiger partial charge in [0.2, 0.25) is 10.0 Å². The van der Waals surface area contributed by atoms with E-state index in [1.165, 1.54) is 4.90 Å². The lowest BCUT2D eigenvalue weighted by Gasteiger charge is -2.37. The molecule has 1 spiro atoms. The summed E-state index contributed by atoms with van der Waals surface area (Å²) in [5.41, 5.74) is -0.407. The number of sulfonamides is 1. The Kier molecular flexibility index (Phi) is 4.31. The van der Waals surface area contributed by atoms with Crippen molar-refractivity contribution in [3.63, 3.8) is 0 Å². The van der Waals surface area contributed by atoms with Crippen molar-refractivity contribution in [2.75, 3.05) is 13.1 Å². The summed E-state index contributed by atoms with van der Waals surface area (Å²) in [7, 11) is -3.60. The van der Waals surface area contributed by atoms with Crippen LogP contribution in [0.25, 0.3) is 0 Å². The number of piperidine rings is 1. The van der Waals surface area contributed by atoms with Crippen molar-refractivity contribution < 1.29 is 23.1 Å². The SMILES string of the molecule is O=C(O)N1CCC2(CCC(NS(=O)(=O)c3ccccc3)O2)CC1. The van der Waals surface area contributed by atoms with Gasteiger partial charge in [-0.05, 0) is 37.8 Å². The van der Waals surface area contributed by atoms with Crippen molar-refractivity contribution in [1.82, 2.24) is 9.62 Å². The van der Waals surface area contributed by atoms with E-state index in [4.69, 9.17) is 9.84 Å². The number of benzene rings is 1. The first kappa shape index (κ1) is 16.2. The van der Waals surface area contributed by atoms with Gasteiger partial charge in [-0.3, -0.25) is 0 Å². The van der Waals surface area contributed by atoms with Crippen LogP contribution in [0.2, 0.25) is 0 Å². The summed E-state index contributed by atoms with van der Waals surface area (Å²) in [6.45, 7) is 0.848. The van der Waals surface area contributed by atoms with Gasteiger partial charge < -0.3 is 14.7 Å². The van der Waals surface area contributed by atoms with Gasteiger partial charge in [0.05, 0.1) is 10.5 Å². The molecule has 1 amide bonds. The molecule has 23 heavy (non-hydrogen) atoms. The molecule has 0 radical (unpaired) electrons. The second kappa shape index (κ2) is 6.10. The monoisotopic (exact) mass is 340 g/mol. The van der Waals surface area contributed by atoms with Gasteiger partial charge in [0.15, 0.2) is 0 Å². The minimum Gasteiger partial charge on any atom is -0.465 e. The van der Waals surface area contributed by atoms with Crippen molar-refractivity contribution in [2.45, 2.75) is 42.4 Å². The molecule has 1 atom stereocenters. The first-order chi connectivity index (χ1) is 10.9. The lowest BCUT2D eigenvalue weighted by atomic mass is 9.89. The van der Waals surface area contributed by atoms with Crippen LogP contribution in [-0.2, 0) is 14.8 Å². The number of amides is 1. The lowest BCUT2D eigenvalue weighted by Crippen LogP contribution is -2.47. The second-order valence-corrected chi connectivity index (χ2v) is 7.75. The molecule has 7 nitrogen and oxygen atoms in total. The molecule has 1 unspecified atom stereocenters. The summed E-state index contributed by atoms with van der Waals surface area (Å²) in [5.74, 6) is 0. The zero-order valence-corrected chi connectivity index (χ0v) is 13.5. The Morgan fingerprint density at radius 2 is 1.87 bits per heavy atom. The Balaban J connectivity index is 1.62. The van der Waals surface area contributed by atoms with E-state index in [1.807, 2.05) is 0 Å². The van der Waals surface area contributed by atoms with E-state index in [0.29, 0.717) is 32.4 Å². The van der Waals surface area contributed by atoms with Gasteiger partial charge in [0, 0.05) is 13.1 Å². The summed E-state index contributed by atoms with van der Waals surface area (Å²) < 4.78 is 33.2. The highest BCUT2D eigenvalue weighted by Crippen LogP contribution is 2.38. The van der Waals surface area contributed by atoms with Crippen LogP contribution >= 0.6 is 0 Å². The molecule has 2 saturated heterocycles. The number of hydrogen-bond acceptors (Lipinski definition) is 4. The van der Waals surface area contributed by atoms with E-state index in [0.717, 1.165) is 6.42 Å². The molecule has 2 N–H and O–H groups in total. The third-order valence-corrected chi connectivity index (χ3v) is 6.01. The predicted molar refractivity (Wildman–Crippen MR) is 82.4 cm³/mol. The summed E-state index contributed by atoms with van der Waals surface area (Å²) >= 11 is 0. The molecule has 126 valence electrons. The van der Waals surface area contributed by atoms with Crippen LogP contribution in [0.15, 0.2) is 35.2 Å². The molecule has 0 aromatic heterocycles. The maximum absolute atomic E-state index is 12.3. The number of hydrogen-bond donors (Lipinski definition) is 2. The highest BCUT2D eigenvalue weighted by Gasteiger charge is 2.44. The van der Waals surface area contributed by atoms with Crippen LogP contribution < -0.4 is 4.72 Å². The fraction of sp³-hybridized carbons (Fsp3) is 0.533. The van der Waals surface area contributed by atoms with Gasteiger partial charge in [-0.15, -0.1) is 0 Å². The molecule has 2 fully saturated rings. The van der Waals surface area contributed by atoms with Crippen molar-refractivity contribution in [3.8, 4) is 0 Å². The molecule has 3 rings (SSSR count). The van der Waals surface area contributed by atoms with Gasteiger partial charge >= 0.3 is 6.09 Å². The second-order valence-electron chi connectivity index (χ2n) is 6.03. The molecule has 2 aliphatic rings. The van der Waals surface area contributed by atoms with E-state index in [1.54, 1.807) is 30.3 Å². The number of nitrogens with zero attached hydrogens (tertiary/aromatic N) is 1. The summed E-state index contributed by atoms with van der Waals surface area (Å²) in [5, 5.41) is 8.99. The smallest absolute Gasteiger partial charge is 0.407 e. The van der Waals surface area contributed by atoms with Gasteiger partial charge in [0.1, 0.15) is 6.23 Å². The van der Waals surface area contributed by atoms with Crippen LogP contribution in [0.4, 0.5) is 4.79 Å². The molecule has 2 heterocycles. The Morgan fingerprint density at radius 3 is 2.48 bits per heavy atom. The van der Waals surface area contributed by atoms with Gasteiger partial charge in [-0.25, -0.2) is 13.2 Å². The minimum atomic E-state index is -3.60. The maximum Gasteiger partial charge on any atom is 0.407 e. The molecule has 2 aliphatic heterocycles. The van der Waals surface area contributed by atoms with Crippen molar-refractivity contribution in [2.24, 2.45) is 0 Å². The van der Waals surface area contributed by atoms with Gasteiger partial charge in [-0.1, -0.05) is 18.2 Å². The van der Waals surface area contributed by atoms with E-state index >= 15 is 0 Å². The highest BCUT2D eigenvalue weighted by atomic mass is 32.2. The zero-order valence-electron chi connectivity index (χ0n) is 12.6. The Hall–Kier alpha value is -1.64. The first-order valence-electron chi connectivity index (χ1n) is 7.63. The standard InChI is InChI=1S/C15H20N2O5S/c18-14(19)17-10-8-15(9-11-17)7-6-13(22-15)16-23(20,21)12-4-2-1-3-5-12/h1-5,13,16H,6-11H2,(H,18,19). The quantitative estimate of drug-likeness (QED) is 0.871. The Bertz CT molecular complexity index is 668. The minimum absolute atomic E-state index is 0.213. The van der Waals surface area contributed by atoms with E-state index in [9.17, 15) is 13.2 Å². The van der Waals surface area contributed by atoms with Crippen molar-refractivity contribution in [1.29, 1.82) is 0 Å². The Morgan fingerprint density at radius 1 is 1.22 bits per heavy atom. The predicted octanol–water partition coefficient (Wildman–Crippen LogP) is 1.61. The van der Waals surface area contributed by atoms with Crippen LogP contribution in [0.3, 0.4) is 0 Å². The van der Waals surface area contributed by atoms with Crippen molar-refractivity contribution >= 4 is 16.1 Å². The van der Waals surface area contributed by atoms with Crippen LogP contribution in [0, 0.1) is 0 Å². The van der Waals surface area contributed by atoms with Crippen LogP contribution in [-0.4, -0.2) is 49.4 Å². The molecule has 0 aliphatic carbocycles. The molecule has 8 heteroatoms. The van der Waals surface area contributed by atoms with E-state index in [-0.39, 0.29) is 4.90 Å². The van der Waals surface area contributed by atoms with Gasteiger partial charge in [-0.2, -0.15) is 4.72 Å². The number of ether oxygens (including phenoxy) is 1. The van der Waals surface area contributed by atoms with Crippen LogP contribution in [0.5, 0.6) is 0 Å². The fourth-order valence-electron chi connectivity index (χ4n) is 3.21. The normalized spacial score (nSPS) is 24.0. The highest BCUT2D eigenvalue weighted by molar-refractivity contribution is 7.89. The topological polar surface area (TPSA) is 95.9 Å². The summed E-state index contributed by atoms with van der Waals surface area (Å²) in [6.07, 6.45) is 1.06. The number of nitrogens with one attached hydrogen (secondary N) is 1. The number of carboxylic acid groups (broad SMARTS) is 1. The molecule has 1 aromatic rings. The molecule has 0 bridgehead atoms. The van der Waals surface area contributed by atoms with E-state index in [2.05, 4.69) is 4.72 Å². The summed E-state index contributed by atoms with van der Waals surface area (Å²) in [6, 6.07) is 8.19. The van der Waals surface area contributed by atoms with Gasteiger partial charge in [0.25, 0.3) is 0 Å². The Labute approximate surface area is 135 Å². The lowest BCUT2D eigenvalue weighted by molar-refractivity contribution is -0.0762. The average molecular weight is 340 g/mol. The number of likely N-dealkylation sites (tertiary alicyclic amines) is 1. The first-order valence-corrected chi connectivity index (χ1v) is 9.12.